The van der Waals surface area contributed by atoms with E-state index in [1.165, 1.54) is 0 Å². The van der Waals surface area contributed by atoms with Crippen molar-refractivity contribution < 1.29 is 19.8 Å². The topological polar surface area (TPSA) is 77.8 Å². The number of carboxylic acid groups (broad SMARTS) is 1. The third-order valence-corrected chi connectivity index (χ3v) is 3.64. The second kappa shape index (κ2) is 5.04. The van der Waals surface area contributed by atoms with E-state index >= 15 is 0 Å². The Morgan fingerprint density at radius 1 is 1.29 bits per heavy atom. The summed E-state index contributed by atoms with van der Waals surface area (Å²) in [6.07, 6.45) is 0.532. The number of amides is 1. The van der Waals surface area contributed by atoms with Crippen LogP contribution in [0.1, 0.15) is 27.2 Å². The molecule has 1 rings (SSSR count). The van der Waals surface area contributed by atoms with Gasteiger partial charge in [0.05, 0.1) is 11.8 Å². The Bertz CT molecular complexity index is 314. The summed E-state index contributed by atoms with van der Waals surface area (Å²) in [5, 5.41) is 17.8. The Morgan fingerprint density at radius 3 is 2.24 bits per heavy atom. The minimum atomic E-state index is -0.897. The van der Waals surface area contributed by atoms with Crippen molar-refractivity contribution in [1.82, 2.24) is 4.90 Å². The largest absolute Gasteiger partial charge is 0.481 e. The molecule has 1 fully saturated rings. The molecule has 0 radical (unpaired) electrons. The van der Waals surface area contributed by atoms with Crippen molar-refractivity contribution in [1.29, 1.82) is 0 Å². The van der Waals surface area contributed by atoms with Crippen LogP contribution in [0.2, 0.25) is 0 Å². The Labute approximate surface area is 101 Å². The molecule has 2 atom stereocenters. The van der Waals surface area contributed by atoms with Gasteiger partial charge in [-0.15, -0.1) is 0 Å². The minimum Gasteiger partial charge on any atom is -0.481 e. The SMILES string of the molecule is CCN(CCCO)C(=O)[C@H]1[C@@H](C(=O)O)C1(C)C. The molecule has 0 aromatic heterocycles. The fourth-order valence-corrected chi connectivity index (χ4v) is 2.44. The predicted molar refractivity (Wildman–Crippen MR) is 62.4 cm³/mol. The number of rotatable bonds is 6. The summed E-state index contributed by atoms with van der Waals surface area (Å²) in [5.41, 5.74) is -0.449. The molecule has 1 amide bonds. The summed E-state index contributed by atoms with van der Waals surface area (Å²) in [4.78, 5) is 24.8. The zero-order chi connectivity index (χ0) is 13.2. The number of carbonyl (C=O) groups is 2. The zero-order valence-electron chi connectivity index (χ0n) is 10.6. The molecule has 5 nitrogen and oxygen atoms in total. The molecule has 0 unspecified atom stereocenters. The van der Waals surface area contributed by atoms with E-state index < -0.39 is 23.2 Å². The molecular weight excluding hydrogens is 222 g/mol. The lowest BCUT2D eigenvalue weighted by atomic mass is 10.1. The summed E-state index contributed by atoms with van der Waals surface area (Å²) in [7, 11) is 0. The summed E-state index contributed by atoms with van der Waals surface area (Å²) >= 11 is 0. The van der Waals surface area contributed by atoms with Crippen molar-refractivity contribution in [2.45, 2.75) is 27.2 Å². The van der Waals surface area contributed by atoms with Crippen LogP contribution in [0.15, 0.2) is 0 Å². The lowest BCUT2D eigenvalue weighted by Crippen LogP contribution is -2.34. The summed E-state index contributed by atoms with van der Waals surface area (Å²) in [6, 6.07) is 0. The maximum absolute atomic E-state index is 12.2. The molecule has 0 spiro atoms. The third-order valence-electron chi connectivity index (χ3n) is 3.64. The first-order chi connectivity index (χ1) is 7.87. The number of carbonyl (C=O) groups excluding carboxylic acids is 1. The van der Waals surface area contributed by atoms with E-state index in [-0.39, 0.29) is 12.5 Å². The number of carboxylic acids is 1. The normalized spacial score (nSPS) is 25.4. The van der Waals surface area contributed by atoms with Crippen molar-refractivity contribution in [3.05, 3.63) is 0 Å². The second-order valence-corrected chi connectivity index (χ2v) is 5.11. The van der Waals surface area contributed by atoms with Gasteiger partial charge in [0, 0.05) is 19.7 Å². The number of aliphatic hydroxyl groups excluding tert-OH is 1. The van der Waals surface area contributed by atoms with Gasteiger partial charge >= 0.3 is 5.97 Å². The summed E-state index contributed by atoms with van der Waals surface area (Å²) in [6.45, 7) is 6.58. The Balaban J connectivity index is 2.67. The van der Waals surface area contributed by atoms with Crippen LogP contribution in [0.4, 0.5) is 0 Å². The molecule has 1 aliphatic carbocycles. The molecule has 5 heteroatoms. The molecule has 2 N–H and O–H groups in total. The highest BCUT2D eigenvalue weighted by Gasteiger charge is 2.66. The van der Waals surface area contributed by atoms with Gasteiger partial charge in [-0.25, -0.2) is 0 Å². The number of nitrogens with zero attached hydrogens (tertiary/aromatic N) is 1. The molecule has 0 heterocycles. The van der Waals surface area contributed by atoms with E-state index in [1.807, 2.05) is 20.8 Å². The van der Waals surface area contributed by atoms with Crippen molar-refractivity contribution in [3.63, 3.8) is 0 Å². The lowest BCUT2D eigenvalue weighted by molar-refractivity contribution is -0.142. The molecule has 0 aromatic carbocycles. The molecule has 1 aliphatic rings. The molecule has 98 valence electrons. The average molecular weight is 243 g/mol. The van der Waals surface area contributed by atoms with Crippen molar-refractivity contribution in [3.8, 4) is 0 Å². The smallest absolute Gasteiger partial charge is 0.307 e. The van der Waals surface area contributed by atoms with Crippen molar-refractivity contribution in [2.75, 3.05) is 19.7 Å². The highest BCUT2D eigenvalue weighted by Crippen LogP contribution is 2.58. The molecule has 17 heavy (non-hydrogen) atoms. The number of aliphatic hydroxyl groups is 1. The van der Waals surface area contributed by atoms with E-state index in [0.29, 0.717) is 19.5 Å². The zero-order valence-corrected chi connectivity index (χ0v) is 10.6. The van der Waals surface area contributed by atoms with Crippen LogP contribution in [0.3, 0.4) is 0 Å². The van der Waals surface area contributed by atoms with Crippen LogP contribution in [0.5, 0.6) is 0 Å². The second-order valence-electron chi connectivity index (χ2n) is 5.11. The highest BCUT2D eigenvalue weighted by atomic mass is 16.4. The average Bonchev–Trinajstić information content (AvgIpc) is 2.82. The monoisotopic (exact) mass is 243 g/mol. The molecule has 1 saturated carbocycles. The summed E-state index contributed by atoms with van der Waals surface area (Å²) < 4.78 is 0. The van der Waals surface area contributed by atoms with Crippen LogP contribution in [0.25, 0.3) is 0 Å². The van der Waals surface area contributed by atoms with Crippen molar-refractivity contribution >= 4 is 11.9 Å². The molecule has 0 saturated heterocycles. The van der Waals surface area contributed by atoms with E-state index in [9.17, 15) is 9.59 Å². The molecular formula is C12H21NO4. The standard InChI is InChI=1S/C12H21NO4/c1-4-13(6-5-7-14)10(15)8-9(11(16)17)12(8,2)3/h8-9,14H,4-7H2,1-3H3,(H,16,17)/t8-,9+/m1/s1. The van der Waals surface area contributed by atoms with Crippen molar-refractivity contribution in [2.24, 2.45) is 17.3 Å². The first kappa shape index (κ1) is 14.0. The van der Waals surface area contributed by atoms with E-state index in [2.05, 4.69) is 0 Å². The Morgan fingerprint density at radius 2 is 1.88 bits per heavy atom. The number of hydrogen-bond donors (Lipinski definition) is 2. The van der Waals surface area contributed by atoms with Crippen LogP contribution in [0, 0.1) is 17.3 Å². The highest BCUT2D eigenvalue weighted by molar-refractivity contribution is 5.91. The van der Waals surface area contributed by atoms with Crippen LogP contribution in [-0.2, 0) is 9.59 Å². The molecule has 0 aromatic rings. The van der Waals surface area contributed by atoms with Crippen LogP contribution >= 0.6 is 0 Å². The van der Waals surface area contributed by atoms with Gasteiger partial charge in [0.25, 0.3) is 0 Å². The predicted octanol–water partition coefficient (Wildman–Crippen LogP) is 0.574. The Kier molecular flexibility index (Phi) is 4.14. The molecule has 0 aliphatic heterocycles. The van der Waals surface area contributed by atoms with Gasteiger partial charge in [-0.1, -0.05) is 13.8 Å². The van der Waals surface area contributed by atoms with Crippen LogP contribution in [-0.4, -0.2) is 46.7 Å². The van der Waals surface area contributed by atoms with Gasteiger partial charge in [-0.05, 0) is 18.8 Å². The quantitative estimate of drug-likeness (QED) is 0.715. The van der Waals surface area contributed by atoms with Gasteiger partial charge in [0.2, 0.25) is 5.91 Å². The van der Waals surface area contributed by atoms with Gasteiger partial charge in [-0.2, -0.15) is 0 Å². The van der Waals surface area contributed by atoms with Gasteiger partial charge < -0.3 is 15.1 Å². The van der Waals surface area contributed by atoms with E-state index in [4.69, 9.17) is 10.2 Å². The first-order valence-corrected chi connectivity index (χ1v) is 6.00. The van der Waals surface area contributed by atoms with Gasteiger partial charge in [0.15, 0.2) is 0 Å². The minimum absolute atomic E-state index is 0.0419. The first-order valence-electron chi connectivity index (χ1n) is 6.00. The van der Waals surface area contributed by atoms with Gasteiger partial charge in [-0.3, -0.25) is 9.59 Å². The third kappa shape index (κ3) is 2.60. The van der Waals surface area contributed by atoms with Gasteiger partial charge in [0.1, 0.15) is 0 Å². The Hall–Kier alpha value is -1.10. The van der Waals surface area contributed by atoms with E-state index in [1.54, 1.807) is 4.90 Å². The fourth-order valence-electron chi connectivity index (χ4n) is 2.44. The fraction of sp³-hybridized carbons (Fsp3) is 0.833. The summed E-state index contributed by atoms with van der Waals surface area (Å²) in [5.74, 6) is -1.98. The van der Waals surface area contributed by atoms with Crippen LogP contribution < -0.4 is 0 Å². The molecule has 0 bridgehead atoms. The maximum Gasteiger partial charge on any atom is 0.307 e. The number of aliphatic carboxylic acids is 1. The lowest BCUT2D eigenvalue weighted by Gasteiger charge is -2.21. The maximum atomic E-state index is 12.2. The van der Waals surface area contributed by atoms with E-state index in [0.717, 1.165) is 0 Å². The number of hydrogen-bond acceptors (Lipinski definition) is 3.